The van der Waals surface area contributed by atoms with Crippen LogP contribution in [0.3, 0.4) is 0 Å². The van der Waals surface area contributed by atoms with Gasteiger partial charge in [0.2, 0.25) is 21.8 Å². The molecule has 9 heteroatoms. The second-order valence-electron chi connectivity index (χ2n) is 7.87. The predicted molar refractivity (Wildman–Crippen MR) is 109 cm³/mol. The summed E-state index contributed by atoms with van der Waals surface area (Å²) < 4.78 is 32.7. The topological polar surface area (TPSA) is 96.0 Å². The van der Waals surface area contributed by atoms with Crippen molar-refractivity contribution >= 4 is 27.5 Å². The molecule has 1 atom stereocenters. The van der Waals surface area contributed by atoms with Crippen molar-refractivity contribution in [2.45, 2.75) is 44.6 Å². The lowest BCUT2D eigenvalue weighted by Crippen LogP contribution is -2.48. The van der Waals surface area contributed by atoms with Crippen molar-refractivity contribution in [1.82, 2.24) is 9.21 Å². The van der Waals surface area contributed by atoms with Crippen LogP contribution in [0.1, 0.15) is 32.3 Å². The molecule has 1 unspecified atom stereocenters. The maximum atomic E-state index is 13.0. The van der Waals surface area contributed by atoms with Gasteiger partial charge in [0.1, 0.15) is 6.04 Å². The number of nitrogens with zero attached hydrogens (tertiary/aromatic N) is 2. The zero-order chi connectivity index (χ0) is 21.2. The summed E-state index contributed by atoms with van der Waals surface area (Å²) in [7, 11) is -3.67. The SMILES string of the molecule is Cc1ccc(NC(=O)C(C(C)C)N2CCCC2=O)cc1S(=O)(=O)N1CCOCC1. The van der Waals surface area contributed by atoms with Crippen molar-refractivity contribution in [3.63, 3.8) is 0 Å². The fourth-order valence-corrected chi connectivity index (χ4v) is 5.52. The quantitative estimate of drug-likeness (QED) is 0.750. The number of hydrogen-bond acceptors (Lipinski definition) is 5. The number of ether oxygens (including phenoxy) is 1. The summed E-state index contributed by atoms with van der Waals surface area (Å²) in [4.78, 5) is 26.9. The number of carbonyl (C=O) groups is 2. The number of anilines is 1. The lowest BCUT2D eigenvalue weighted by atomic mass is 10.0. The summed E-state index contributed by atoms with van der Waals surface area (Å²) in [5.41, 5.74) is 1.02. The summed E-state index contributed by atoms with van der Waals surface area (Å²) in [6.45, 7) is 7.47. The molecule has 0 spiro atoms. The van der Waals surface area contributed by atoms with Gasteiger partial charge in [0.25, 0.3) is 0 Å². The molecule has 2 aliphatic rings. The van der Waals surface area contributed by atoms with Crippen molar-refractivity contribution < 1.29 is 22.7 Å². The number of amides is 2. The van der Waals surface area contributed by atoms with Crippen molar-refractivity contribution in [2.24, 2.45) is 5.92 Å². The van der Waals surface area contributed by atoms with Gasteiger partial charge in [-0.05, 0) is 37.0 Å². The third-order valence-corrected chi connectivity index (χ3v) is 7.43. The third kappa shape index (κ3) is 4.62. The maximum absolute atomic E-state index is 13.0. The Bertz CT molecular complexity index is 878. The highest BCUT2D eigenvalue weighted by Crippen LogP contribution is 2.26. The Morgan fingerprint density at radius 3 is 2.45 bits per heavy atom. The monoisotopic (exact) mass is 423 g/mol. The molecule has 1 aromatic rings. The molecule has 3 rings (SSSR count). The Morgan fingerprint density at radius 1 is 1.17 bits per heavy atom. The standard InChI is InChI=1S/C20H29N3O5S/c1-14(2)19(23-8-4-5-18(23)24)20(25)21-16-7-6-15(3)17(13-16)29(26,27)22-9-11-28-12-10-22/h6-7,13-14,19H,4-5,8-12H2,1-3H3,(H,21,25). The van der Waals surface area contributed by atoms with E-state index in [0.717, 1.165) is 6.42 Å². The van der Waals surface area contributed by atoms with E-state index >= 15 is 0 Å². The van der Waals surface area contributed by atoms with Gasteiger partial charge in [-0.3, -0.25) is 9.59 Å². The molecule has 8 nitrogen and oxygen atoms in total. The Morgan fingerprint density at radius 2 is 1.86 bits per heavy atom. The van der Waals surface area contributed by atoms with Crippen LogP contribution in [0.2, 0.25) is 0 Å². The average molecular weight is 424 g/mol. The maximum Gasteiger partial charge on any atom is 0.247 e. The Kier molecular flexibility index (Phi) is 6.60. The van der Waals surface area contributed by atoms with Crippen LogP contribution in [0, 0.1) is 12.8 Å². The first-order chi connectivity index (χ1) is 13.7. The van der Waals surface area contributed by atoms with Gasteiger partial charge >= 0.3 is 0 Å². The van der Waals surface area contributed by atoms with E-state index < -0.39 is 16.1 Å². The van der Waals surface area contributed by atoms with E-state index in [1.165, 1.54) is 10.4 Å². The first kappa shape index (κ1) is 21.7. The van der Waals surface area contributed by atoms with E-state index in [1.54, 1.807) is 24.0 Å². The average Bonchev–Trinajstić information content (AvgIpc) is 3.09. The molecule has 2 heterocycles. The summed E-state index contributed by atoms with van der Waals surface area (Å²) in [5, 5.41) is 2.82. The fraction of sp³-hybridized carbons (Fsp3) is 0.600. The van der Waals surface area contributed by atoms with E-state index in [1.807, 2.05) is 13.8 Å². The highest BCUT2D eigenvalue weighted by Gasteiger charge is 2.35. The number of morpholine rings is 1. The van der Waals surface area contributed by atoms with Crippen molar-refractivity contribution in [2.75, 3.05) is 38.2 Å². The molecule has 1 aromatic carbocycles. The summed E-state index contributed by atoms with van der Waals surface area (Å²) in [6.07, 6.45) is 1.21. The minimum atomic E-state index is -3.67. The molecule has 2 amide bonds. The summed E-state index contributed by atoms with van der Waals surface area (Å²) in [5.74, 6) is -0.369. The number of likely N-dealkylation sites (tertiary alicyclic amines) is 1. The number of rotatable bonds is 6. The smallest absolute Gasteiger partial charge is 0.247 e. The number of aryl methyl sites for hydroxylation is 1. The Hall–Kier alpha value is -1.97. The van der Waals surface area contributed by atoms with E-state index in [2.05, 4.69) is 5.32 Å². The molecule has 2 aliphatic heterocycles. The molecule has 1 N–H and O–H groups in total. The minimum absolute atomic E-state index is 0.0154. The zero-order valence-corrected chi connectivity index (χ0v) is 18.0. The lowest BCUT2D eigenvalue weighted by Gasteiger charge is -2.30. The Balaban J connectivity index is 1.83. The van der Waals surface area contributed by atoms with E-state index in [9.17, 15) is 18.0 Å². The lowest BCUT2D eigenvalue weighted by molar-refractivity contribution is -0.136. The highest BCUT2D eigenvalue weighted by molar-refractivity contribution is 7.89. The van der Waals surface area contributed by atoms with Crippen LogP contribution in [0.4, 0.5) is 5.69 Å². The number of hydrogen-bond donors (Lipinski definition) is 1. The molecular weight excluding hydrogens is 394 g/mol. The zero-order valence-electron chi connectivity index (χ0n) is 17.2. The molecule has 29 heavy (non-hydrogen) atoms. The van der Waals surface area contributed by atoms with Crippen LogP contribution in [0.25, 0.3) is 0 Å². The summed E-state index contributed by atoms with van der Waals surface area (Å²) >= 11 is 0. The molecule has 0 radical (unpaired) electrons. The van der Waals surface area contributed by atoms with Crippen LogP contribution in [-0.2, 0) is 24.3 Å². The van der Waals surface area contributed by atoms with Gasteiger partial charge in [-0.15, -0.1) is 0 Å². The number of nitrogens with one attached hydrogen (secondary N) is 1. The van der Waals surface area contributed by atoms with Crippen LogP contribution in [-0.4, -0.2) is 68.3 Å². The summed E-state index contributed by atoms with van der Waals surface area (Å²) in [6, 6.07) is 4.30. The van der Waals surface area contributed by atoms with Gasteiger partial charge in [-0.25, -0.2) is 8.42 Å². The van der Waals surface area contributed by atoms with Gasteiger partial charge in [0.15, 0.2) is 0 Å². The highest BCUT2D eigenvalue weighted by atomic mass is 32.2. The molecule has 160 valence electrons. The van der Waals surface area contributed by atoms with Gasteiger partial charge < -0.3 is 15.0 Å². The number of benzene rings is 1. The molecule has 0 bridgehead atoms. The number of carbonyl (C=O) groups excluding carboxylic acids is 2. The van der Waals surface area contributed by atoms with Crippen LogP contribution in [0.5, 0.6) is 0 Å². The molecule has 0 aromatic heterocycles. The van der Waals surface area contributed by atoms with E-state index in [0.29, 0.717) is 50.5 Å². The van der Waals surface area contributed by atoms with Crippen molar-refractivity contribution in [3.05, 3.63) is 23.8 Å². The molecule has 2 fully saturated rings. The van der Waals surface area contributed by atoms with Gasteiger partial charge in [0, 0.05) is 31.7 Å². The fourth-order valence-electron chi connectivity index (χ4n) is 3.87. The molecule has 0 saturated carbocycles. The number of sulfonamides is 1. The second kappa shape index (κ2) is 8.81. The van der Waals surface area contributed by atoms with Crippen LogP contribution in [0.15, 0.2) is 23.1 Å². The Labute approximate surface area is 172 Å². The van der Waals surface area contributed by atoms with Crippen LogP contribution >= 0.6 is 0 Å². The first-order valence-electron chi connectivity index (χ1n) is 10.0. The van der Waals surface area contributed by atoms with E-state index in [4.69, 9.17) is 4.74 Å². The second-order valence-corrected chi connectivity index (χ2v) is 9.77. The van der Waals surface area contributed by atoms with Gasteiger partial charge in [-0.2, -0.15) is 4.31 Å². The van der Waals surface area contributed by atoms with Crippen LogP contribution < -0.4 is 5.32 Å². The normalized spacial score (nSPS) is 19.6. The van der Waals surface area contributed by atoms with Gasteiger partial charge in [0.05, 0.1) is 18.1 Å². The molecule has 0 aliphatic carbocycles. The molecular formula is C20H29N3O5S. The third-order valence-electron chi connectivity index (χ3n) is 5.39. The largest absolute Gasteiger partial charge is 0.379 e. The predicted octanol–water partition coefficient (Wildman–Crippen LogP) is 1.60. The first-order valence-corrected chi connectivity index (χ1v) is 11.4. The minimum Gasteiger partial charge on any atom is -0.379 e. The molecule has 2 saturated heterocycles. The van der Waals surface area contributed by atoms with Gasteiger partial charge in [-0.1, -0.05) is 19.9 Å². The van der Waals surface area contributed by atoms with E-state index in [-0.39, 0.29) is 22.6 Å². The van der Waals surface area contributed by atoms with Crippen molar-refractivity contribution in [3.8, 4) is 0 Å². The van der Waals surface area contributed by atoms with Crippen molar-refractivity contribution in [1.29, 1.82) is 0 Å².